The molecule has 1 aromatic rings. The predicted octanol–water partition coefficient (Wildman–Crippen LogP) is 2.51. The number of nitrogens with one attached hydrogen (secondary N) is 1. The van der Waals surface area contributed by atoms with Crippen molar-refractivity contribution in [2.24, 2.45) is 5.73 Å². The number of amides is 1. The summed E-state index contributed by atoms with van der Waals surface area (Å²) in [6, 6.07) is 9.49. The van der Waals surface area contributed by atoms with Crippen molar-refractivity contribution in [3.8, 4) is 0 Å². The number of hydrogen-bond donors (Lipinski definition) is 2. The van der Waals surface area contributed by atoms with Crippen LogP contribution in [0.25, 0.3) is 0 Å². The molecule has 3 nitrogen and oxygen atoms in total. The maximum absolute atomic E-state index is 12.5. The minimum absolute atomic E-state index is 0.0328. The molecule has 1 amide bonds. The lowest BCUT2D eigenvalue weighted by atomic mass is 9.74. The third-order valence-corrected chi connectivity index (χ3v) is 4.29. The van der Waals surface area contributed by atoms with Crippen LogP contribution in [0.1, 0.15) is 44.1 Å². The first-order valence-electron chi connectivity index (χ1n) is 6.74. The van der Waals surface area contributed by atoms with Crippen LogP contribution >= 0.6 is 12.2 Å². The van der Waals surface area contributed by atoms with Crippen LogP contribution in [0.3, 0.4) is 0 Å². The smallest absolute Gasteiger partial charge is 0.234 e. The lowest BCUT2D eigenvalue weighted by Crippen LogP contribution is -2.55. The summed E-state index contributed by atoms with van der Waals surface area (Å²) in [6.45, 7) is 2.11. The zero-order valence-electron chi connectivity index (χ0n) is 11.2. The standard InChI is InChI=1S/C15H20N2OS/c1-2-15(9-6-10-15)17-14(18)12(13(16)19)11-7-4-3-5-8-11/h3-5,7-8,12H,2,6,9-10H2,1H3,(H2,16,19)(H,17,18). The van der Waals surface area contributed by atoms with E-state index in [0.717, 1.165) is 24.8 Å². The number of nitrogens with two attached hydrogens (primary N) is 1. The quantitative estimate of drug-likeness (QED) is 0.812. The molecule has 0 aliphatic heterocycles. The molecule has 0 heterocycles. The van der Waals surface area contributed by atoms with E-state index < -0.39 is 5.92 Å². The summed E-state index contributed by atoms with van der Waals surface area (Å²) >= 11 is 5.07. The lowest BCUT2D eigenvalue weighted by molar-refractivity contribution is -0.124. The van der Waals surface area contributed by atoms with Gasteiger partial charge in [-0.2, -0.15) is 0 Å². The van der Waals surface area contributed by atoms with E-state index in [0.29, 0.717) is 0 Å². The molecule has 1 aliphatic rings. The molecule has 0 bridgehead atoms. The molecule has 1 atom stereocenters. The predicted molar refractivity (Wildman–Crippen MR) is 81.0 cm³/mol. The highest BCUT2D eigenvalue weighted by molar-refractivity contribution is 7.80. The minimum atomic E-state index is -0.528. The molecule has 0 radical (unpaired) electrons. The molecule has 1 unspecified atom stereocenters. The summed E-state index contributed by atoms with van der Waals surface area (Å²) in [5, 5.41) is 3.15. The number of benzene rings is 1. The second kappa shape index (κ2) is 5.70. The van der Waals surface area contributed by atoms with E-state index >= 15 is 0 Å². The van der Waals surface area contributed by atoms with Gasteiger partial charge in [0.25, 0.3) is 0 Å². The highest BCUT2D eigenvalue weighted by Crippen LogP contribution is 2.35. The highest BCUT2D eigenvalue weighted by Gasteiger charge is 2.38. The number of rotatable bonds is 5. The number of carbonyl (C=O) groups excluding carboxylic acids is 1. The van der Waals surface area contributed by atoms with Crippen LogP contribution in [0, 0.1) is 0 Å². The van der Waals surface area contributed by atoms with Gasteiger partial charge in [-0.3, -0.25) is 4.79 Å². The molecule has 102 valence electrons. The Balaban J connectivity index is 2.16. The van der Waals surface area contributed by atoms with Crippen molar-refractivity contribution in [3.05, 3.63) is 35.9 Å². The minimum Gasteiger partial charge on any atom is -0.392 e. The highest BCUT2D eigenvalue weighted by atomic mass is 32.1. The second-order valence-electron chi connectivity index (χ2n) is 5.22. The molecule has 4 heteroatoms. The average Bonchev–Trinajstić information content (AvgIpc) is 2.35. The summed E-state index contributed by atoms with van der Waals surface area (Å²) in [6.07, 6.45) is 4.23. The second-order valence-corrected chi connectivity index (χ2v) is 5.69. The van der Waals surface area contributed by atoms with Gasteiger partial charge >= 0.3 is 0 Å². The molecule has 1 saturated carbocycles. The molecule has 0 spiro atoms. The molecule has 19 heavy (non-hydrogen) atoms. The normalized spacial score (nSPS) is 18.2. The first-order chi connectivity index (χ1) is 9.08. The molecular weight excluding hydrogens is 256 g/mol. The van der Waals surface area contributed by atoms with Crippen molar-refractivity contribution in [1.82, 2.24) is 5.32 Å². The van der Waals surface area contributed by atoms with E-state index in [1.807, 2.05) is 30.3 Å². The Morgan fingerprint density at radius 2 is 2.05 bits per heavy atom. The zero-order chi connectivity index (χ0) is 13.9. The van der Waals surface area contributed by atoms with Crippen LogP contribution in [-0.4, -0.2) is 16.4 Å². The fraction of sp³-hybridized carbons (Fsp3) is 0.467. The third kappa shape index (κ3) is 2.95. The van der Waals surface area contributed by atoms with E-state index in [2.05, 4.69) is 12.2 Å². The van der Waals surface area contributed by atoms with Crippen LogP contribution in [0.2, 0.25) is 0 Å². The lowest BCUT2D eigenvalue weighted by Gasteiger charge is -2.42. The van der Waals surface area contributed by atoms with Gasteiger partial charge in [-0.05, 0) is 31.2 Å². The SMILES string of the molecule is CCC1(NC(=O)C(C(N)=S)c2ccccc2)CCC1. The van der Waals surface area contributed by atoms with Crippen molar-refractivity contribution in [2.75, 3.05) is 0 Å². The van der Waals surface area contributed by atoms with Crippen LogP contribution in [0.4, 0.5) is 0 Å². The van der Waals surface area contributed by atoms with Crippen LogP contribution in [0.5, 0.6) is 0 Å². The maximum Gasteiger partial charge on any atom is 0.234 e. The van der Waals surface area contributed by atoms with Gasteiger partial charge in [0.15, 0.2) is 0 Å². The summed E-state index contributed by atoms with van der Waals surface area (Å²) in [5.74, 6) is -0.597. The summed E-state index contributed by atoms with van der Waals surface area (Å²) in [5.41, 5.74) is 6.59. The van der Waals surface area contributed by atoms with Crippen molar-refractivity contribution < 1.29 is 4.79 Å². The summed E-state index contributed by atoms with van der Waals surface area (Å²) in [4.78, 5) is 12.7. The number of carbonyl (C=O) groups is 1. The van der Waals surface area contributed by atoms with E-state index in [-0.39, 0.29) is 16.4 Å². The Hall–Kier alpha value is -1.42. The Labute approximate surface area is 119 Å². The summed E-state index contributed by atoms with van der Waals surface area (Å²) < 4.78 is 0. The Kier molecular flexibility index (Phi) is 4.20. The summed E-state index contributed by atoms with van der Waals surface area (Å²) in [7, 11) is 0. The van der Waals surface area contributed by atoms with Gasteiger partial charge in [0.2, 0.25) is 5.91 Å². The molecule has 3 N–H and O–H groups in total. The molecule has 1 aromatic carbocycles. The van der Waals surface area contributed by atoms with E-state index in [4.69, 9.17) is 18.0 Å². The molecule has 0 aromatic heterocycles. The Morgan fingerprint density at radius 3 is 2.47 bits per heavy atom. The molecule has 0 saturated heterocycles. The molecule has 1 aliphatic carbocycles. The van der Waals surface area contributed by atoms with E-state index in [1.54, 1.807) is 0 Å². The molecule has 2 rings (SSSR count). The zero-order valence-corrected chi connectivity index (χ0v) is 12.0. The fourth-order valence-electron chi connectivity index (χ4n) is 2.59. The van der Waals surface area contributed by atoms with Gasteiger partial charge in [-0.15, -0.1) is 0 Å². The van der Waals surface area contributed by atoms with E-state index in [1.165, 1.54) is 6.42 Å². The van der Waals surface area contributed by atoms with Crippen molar-refractivity contribution in [1.29, 1.82) is 0 Å². The molecular formula is C15H20N2OS. The van der Waals surface area contributed by atoms with Gasteiger partial charge in [-0.25, -0.2) is 0 Å². The van der Waals surface area contributed by atoms with Gasteiger partial charge in [0.05, 0.1) is 4.99 Å². The van der Waals surface area contributed by atoms with Crippen LogP contribution in [-0.2, 0) is 4.79 Å². The Bertz CT molecular complexity index is 463. The Morgan fingerprint density at radius 1 is 1.42 bits per heavy atom. The van der Waals surface area contributed by atoms with Gasteiger partial charge in [0.1, 0.15) is 5.92 Å². The van der Waals surface area contributed by atoms with Crippen LogP contribution in [0.15, 0.2) is 30.3 Å². The average molecular weight is 276 g/mol. The number of thiocarbonyl (C=S) groups is 1. The molecule has 1 fully saturated rings. The van der Waals surface area contributed by atoms with Crippen LogP contribution < -0.4 is 11.1 Å². The maximum atomic E-state index is 12.5. The van der Waals surface area contributed by atoms with Crippen molar-refractivity contribution in [3.63, 3.8) is 0 Å². The van der Waals surface area contributed by atoms with Crippen molar-refractivity contribution in [2.45, 2.75) is 44.1 Å². The van der Waals surface area contributed by atoms with Gasteiger partial charge in [-0.1, -0.05) is 49.5 Å². The fourth-order valence-corrected chi connectivity index (χ4v) is 2.84. The van der Waals surface area contributed by atoms with Gasteiger partial charge < -0.3 is 11.1 Å². The first-order valence-corrected chi connectivity index (χ1v) is 7.15. The van der Waals surface area contributed by atoms with Crippen molar-refractivity contribution >= 4 is 23.1 Å². The van der Waals surface area contributed by atoms with Gasteiger partial charge in [0, 0.05) is 5.54 Å². The topological polar surface area (TPSA) is 55.1 Å². The van der Waals surface area contributed by atoms with E-state index in [9.17, 15) is 4.79 Å². The monoisotopic (exact) mass is 276 g/mol. The first kappa shape index (κ1) is 14.0. The largest absolute Gasteiger partial charge is 0.392 e. The third-order valence-electron chi connectivity index (χ3n) is 4.06. The number of hydrogen-bond acceptors (Lipinski definition) is 2.